The lowest BCUT2D eigenvalue weighted by Crippen LogP contribution is -2.03. The third kappa shape index (κ3) is 1.40. The summed E-state index contributed by atoms with van der Waals surface area (Å²) in [4.78, 5) is 14.7. The third-order valence-electron chi connectivity index (χ3n) is 1.92. The van der Waals surface area contributed by atoms with Crippen molar-refractivity contribution < 1.29 is 15.0 Å². The predicted molar refractivity (Wildman–Crippen MR) is 49.5 cm³/mol. The van der Waals surface area contributed by atoms with Gasteiger partial charge in [-0.15, -0.1) is 5.10 Å². The lowest BCUT2D eigenvalue weighted by Gasteiger charge is -1.89. The SMILES string of the molecule is Nc1c(C(=O)O)nn2[nH]c(CCO)nc12. The summed E-state index contributed by atoms with van der Waals surface area (Å²) < 4.78 is 1.18. The Morgan fingerprint density at radius 2 is 2.33 bits per heavy atom. The summed E-state index contributed by atoms with van der Waals surface area (Å²) >= 11 is 0. The van der Waals surface area contributed by atoms with Crippen LogP contribution in [0.15, 0.2) is 0 Å². The van der Waals surface area contributed by atoms with Crippen LogP contribution in [0.1, 0.15) is 16.3 Å². The van der Waals surface area contributed by atoms with Gasteiger partial charge in [0.2, 0.25) is 0 Å². The summed E-state index contributed by atoms with van der Waals surface area (Å²) in [5, 5.41) is 23.8. The molecule has 0 atom stereocenters. The van der Waals surface area contributed by atoms with Crippen molar-refractivity contribution in [3.05, 3.63) is 11.5 Å². The van der Waals surface area contributed by atoms with E-state index in [9.17, 15) is 4.79 Å². The van der Waals surface area contributed by atoms with E-state index in [1.54, 1.807) is 0 Å². The lowest BCUT2D eigenvalue weighted by atomic mass is 10.4. The number of aromatic nitrogens is 4. The topological polar surface area (TPSA) is 130 Å². The molecule has 0 aliphatic rings. The largest absolute Gasteiger partial charge is 0.476 e. The van der Waals surface area contributed by atoms with Crippen LogP contribution in [0.4, 0.5) is 5.69 Å². The second-order valence-electron chi connectivity index (χ2n) is 2.95. The van der Waals surface area contributed by atoms with E-state index in [1.807, 2.05) is 0 Å². The fourth-order valence-corrected chi connectivity index (χ4v) is 1.26. The third-order valence-corrected chi connectivity index (χ3v) is 1.92. The molecule has 0 aliphatic heterocycles. The summed E-state index contributed by atoms with van der Waals surface area (Å²) in [6.07, 6.45) is 0.338. The molecule has 0 aromatic carbocycles. The maximum Gasteiger partial charge on any atom is 0.358 e. The molecule has 2 aromatic heterocycles. The number of H-pyrrole nitrogens is 1. The summed E-state index contributed by atoms with van der Waals surface area (Å²) in [6, 6.07) is 0. The number of nitrogens with one attached hydrogen (secondary N) is 1. The normalized spacial score (nSPS) is 11.0. The first-order valence-corrected chi connectivity index (χ1v) is 4.20. The number of aliphatic hydroxyl groups is 1. The molecule has 0 amide bonds. The molecule has 8 nitrogen and oxygen atoms in total. The van der Waals surface area contributed by atoms with Gasteiger partial charge in [-0.25, -0.2) is 9.78 Å². The summed E-state index contributed by atoms with van der Waals surface area (Å²) in [5.41, 5.74) is 5.58. The summed E-state index contributed by atoms with van der Waals surface area (Å²) in [6.45, 7) is -0.0532. The highest BCUT2D eigenvalue weighted by molar-refractivity contribution is 5.95. The van der Waals surface area contributed by atoms with Crippen molar-refractivity contribution in [2.75, 3.05) is 12.3 Å². The van der Waals surface area contributed by atoms with Gasteiger partial charge in [0.25, 0.3) is 0 Å². The van der Waals surface area contributed by atoms with E-state index in [4.69, 9.17) is 15.9 Å². The molecular weight excluding hydrogens is 202 g/mol. The monoisotopic (exact) mass is 211 g/mol. The number of fused-ring (bicyclic) bond motifs is 1. The molecule has 0 aliphatic carbocycles. The first-order valence-electron chi connectivity index (χ1n) is 4.20. The molecule has 15 heavy (non-hydrogen) atoms. The van der Waals surface area contributed by atoms with Gasteiger partial charge in [0.15, 0.2) is 11.3 Å². The van der Waals surface area contributed by atoms with Crippen molar-refractivity contribution in [1.29, 1.82) is 0 Å². The van der Waals surface area contributed by atoms with Crippen LogP contribution in [0, 0.1) is 0 Å². The summed E-state index contributed by atoms with van der Waals surface area (Å²) in [7, 11) is 0. The fraction of sp³-hybridized carbons (Fsp3) is 0.286. The number of aliphatic hydroxyl groups excluding tert-OH is 1. The smallest absolute Gasteiger partial charge is 0.358 e. The number of carbonyl (C=O) groups is 1. The van der Waals surface area contributed by atoms with Gasteiger partial charge < -0.3 is 15.9 Å². The molecule has 0 fully saturated rings. The molecular formula is C7H9N5O3. The number of nitrogen functional groups attached to an aromatic ring is 1. The van der Waals surface area contributed by atoms with E-state index in [-0.39, 0.29) is 23.6 Å². The second-order valence-corrected chi connectivity index (χ2v) is 2.95. The van der Waals surface area contributed by atoms with E-state index in [0.29, 0.717) is 12.2 Å². The van der Waals surface area contributed by atoms with E-state index >= 15 is 0 Å². The number of carboxylic acid groups (broad SMARTS) is 1. The van der Waals surface area contributed by atoms with Gasteiger partial charge in [0.05, 0.1) is 6.61 Å². The molecule has 2 rings (SSSR count). The van der Waals surface area contributed by atoms with Gasteiger partial charge in [-0.2, -0.15) is 4.63 Å². The maximum atomic E-state index is 10.7. The van der Waals surface area contributed by atoms with Crippen molar-refractivity contribution in [1.82, 2.24) is 19.8 Å². The van der Waals surface area contributed by atoms with Gasteiger partial charge in [-0.3, -0.25) is 5.10 Å². The highest BCUT2D eigenvalue weighted by Gasteiger charge is 2.18. The Morgan fingerprint density at radius 3 is 2.87 bits per heavy atom. The van der Waals surface area contributed by atoms with Crippen LogP contribution in [-0.2, 0) is 6.42 Å². The van der Waals surface area contributed by atoms with E-state index < -0.39 is 5.97 Å². The van der Waals surface area contributed by atoms with Crippen LogP contribution >= 0.6 is 0 Å². The van der Waals surface area contributed by atoms with Crippen molar-refractivity contribution in [3.63, 3.8) is 0 Å². The predicted octanol–water partition coefficient (Wildman–Crippen LogP) is -1.13. The first kappa shape index (κ1) is 9.46. The second kappa shape index (κ2) is 3.24. The van der Waals surface area contributed by atoms with Gasteiger partial charge >= 0.3 is 5.97 Å². The molecule has 2 aromatic rings. The number of nitrogens with two attached hydrogens (primary N) is 1. The molecule has 0 spiro atoms. The number of aromatic amines is 1. The molecule has 0 bridgehead atoms. The summed E-state index contributed by atoms with van der Waals surface area (Å²) in [5.74, 6) is -0.696. The molecule has 0 radical (unpaired) electrons. The Morgan fingerprint density at radius 1 is 1.60 bits per heavy atom. The maximum absolute atomic E-state index is 10.7. The molecule has 8 heteroatoms. The average molecular weight is 211 g/mol. The van der Waals surface area contributed by atoms with Crippen LogP contribution in [0.5, 0.6) is 0 Å². The highest BCUT2D eigenvalue weighted by Crippen LogP contribution is 2.16. The minimum Gasteiger partial charge on any atom is -0.476 e. The zero-order valence-electron chi connectivity index (χ0n) is 7.64. The zero-order chi connectivity index (χ0) is 11.0. The van der Waals surface area contributed by atoms with Gasteiger partial charge in [-0.05, 0) is 0 Å². The Hall–Kier alpha value is -2.09. The molecule has 0 unspecified atom stereocenters. The average Bonchev–Trinajstić information content (AvgIpc) is 2.67. The van der Waals surface area contributed by atoms with Gasteiger partial charge in [0, 0.05) is 6.42 Å². The Kier molecular flexibility index (Phi) is 2.05. The molecule has 0 saturated heterocycles. The van der Waals surface area contributed by atoms with Crippen LogP contribution in [0.25, 0.3) is 5.65 Å². The first-order chi connectivity index (χ1) is 7.13. The van der Waals surface area contributed by atoms with Crippen LogP contribution in [0.3, 0.4) is 0 Å². The Labute approximate surface area is 83.3 Å². The Balaban J connectivity index is 2.52. The van der Waals surface area contributed by atoms with E-state index in [1.165, 1.54) is 4.63 Å². The minimum absolute atomic E-state index is 0.0166. The number of hydrogen-bond donors (Lipinski definition) is 4. The van der Waals surface area contributed by atoms with Gasteiger partial charge in [0.1, 0.15) is 11.5 Å². The van der Waals surface area contributed by atoms with E-state index in [0.717, 1.165) is 0 Å². The van der Waals surface area contributed by atoms with Crippen molar-refractivity contribution in [2.24, 2.45) is 0 Å². The number of nitrogens with zero attached hydrogens (tertiary/aromatic N) is 3. The highest BCUT2D eigenvalue weighted by atomic mass is 16.4. The van der Waals surface area contributed by atoms with Crippen molar-refractivity contribution >= 4 is 17.3 Å². The number of aromatic carboxylic acids is 1. The zero-order valence-corrected chi connectivity index (χ0v) is 7.64. The van der Waals surface area contributed by atoms with Gasteiger partial charge in [-0.1, -0.05) is 0 Å². The standard InChI is InChI=1S/C7H9N5O3/c8-4-5(7(14)15)11-12-6(4)9-3(10-12)1-2-13/h13H,1-2,8H2,(H,9,10)(H,14,15). The van der Waals surface area contributed by atoms with Crippen molar-refractivity contribution in [3.8, 4) is 0 Å². The van der Waals surface area contributed by atoms with Crippen LogP contribution < -0.4 is 5.73 Å². The molecule has 0 saturated carbocycles. The number of hydrogen-bond acceptors (Lipinski definition) is 5. The van der Waals surface area contributed by atoms with Crippen LogP contribution in [-0.4, -0.2) is 42.6 Å². The minimum atomic E-state index is -1.20. The molecule has 80 valence electrons. The molecule has 5 N–H and O–H groups in total. The van der Waals surface area contributed by atoms with E-state index in [2.05, 4.69) is 15.2 Å². The lowest BCUT2D eigenvalue weighted by molar-refractivity contribution is 0.0691. The number of anilines is 1. The molecule has 2 heterocycles. The fourth-order valence-electron chi connectivity index (χ4n) is 1.26. The van der Waals surface area contributed by atoms with Crippen molar-refractivity contribution in [2.45, 2.75) is 6.42 Å². The van der Waals surface area contributed by atoms with Crippen LogP contribution in [0.2, 0.25) is 0 Å². The quantitative estimate of drug-likeness (QED) is 0.508. The Bertz CT molecular complexity index is 514. The number of rotatable bonds is 3. The number of carboxylic acids is 1.